The van der Waals surface area contributed by atoms with Crippen LogP contribution in [0.2, 0.25) is 0 Å². The lowest BCUT2D eigenvalue weighted by Crippen LogP contribution is -2.36. The Kier molecular flexibility index (Phi) is 5.19. The number of fused-ring (bicyclic) bond motifs is 1. The lowest BCUT2D eigenvalue weighted by atomic mass is 9.90. The highest BCUT2D eigenvalue weighted by atomic mass is 16.5. The Bertz CT molecular complexity index is 706. The van der Waals surface area contributed by atoms with Crippen LogP contribution in [-0.2, 0) is 12.8 Å². The first-order chi connectivity index (χ1) is 11.6. The normalized spacial score (nSPS) is 14.6. The van der Waals surface area contributed by atoms with Crippen molar-refractivity contribution in [3.05, 3.63) is 64.7 Å². The first-order valence-electron chi connectivity index (χ1n) is 8.74. The molecular formula is C21H25NO2. The number of carbonyl (C=O) groups is 1. The number of aryl methyl sites for hydroxylation is 3. The van der Waals surface area contributed by atoms with Gasteiger partial charge in [0.25, 0.3) is 5.91 Å². The smallest absolute Gasteiger partial charge is 0.251 e. The number of hydrogen-bond donors (Lipinski definition) is 1. The lowest BCUT2D eigenvalue weighted by molar-refractivity contribution is 0.0926. The largest absolute Gasteiger partial charge is 0.491 e. The molecule has 0 saturated heterocycles. The summed E-state index contributed by atoms with van der Waals surface area (Å²) in [5.74, 6) is 0.804. The summed E-state index contributed by atoms with van der Waals surface area (Å²) in [6, 6.07) is 14.0. The summed E-state index contributed by atoms with van der Waals surface area (Å²) in [6.07, 6.45) is 4.70. The van der Waals surface area contributed by atoms with Crippen LogP contribution in [0.4, 0.5) is 0 Å². The van der Waals surface area contributed by atoms with Gasteiger partial charge in [-0.1, -0.05) is 23.8 Å². The van der Waals surface area contributed by atoms with E-state index in [2.05, 4.69) is 17.4 Å². The number of amides is 1. The molecule has 3 heteroatoms. The Morgan fingerprint density at radius 2 is 1.79 bits per heavy atom. The van der Waals surface area contributed by atoms with Gasteiger partial charge in [-0.25, -0.2) is 0 Å². The fraction of sp³-hybridized carbons (Fsp3) is 0.381. The minimum Gasteiger partial charge on any atom is -0.491 e. The molecule has 0 aromatic heterocycles. The van der Waals surface area contributed by atoms with Gasteiger partial charge in [0.2, 0.25) is 0 Å². The minimum absolute atomic E-state index is 0.0246. The third-order valence-corrected chi connectivity index (χ3v) is 4.51. The maximum atomic E-state index is 12.4. The van der Waals surface area contributed by atoms with Gasteiger partial charge in [0, 0.05) is 5.56 Å². The molecule has 0 heterocycles. The molecule has 126 valence electrons. The van der Waals surface area contributed by atoms with E-state index in [9.17, 15) is 4.79 Å². The van der Waals surface area contributed by atoms with E-state index >= 15 is 0 Å². The topological polar surface area (TPSA) is 38.3 Å². The van der Waals surface area contributed by atoms with Crippen molar-refractivity contribution in [1.82, 2.24) is 5.32 Å². The molecular weight excluding hydrogens is 298 g/mol. The summed E-state index contributed by atoms with van der Waals surface area (Å²) >= 11 is 0. The van der Waals surface area contributed by atoms with Crippen LogP contribution in [0.1, 0.15) is 46.8 Å². The van der Waals surface area contributed by atoms with Crippen LogP contribution in [0.25, 0.3) is 0 Å². The zero-order chi connectivity index (χ0) is 16.9. The molecule has 0 unspecified atom stereocenters. The molecule has 3 rings (SSSR count). The standard InChI is InChI=1S/C21H25NO2/c1-15-7-11-20(12-8-15)24-14-16(2)22-21(23)19-10-9-17-5-3-4-6-18(17)13-19/h7-13,16H,3-6,14H2,1-2H3,(H,22,23)/t16-/m0/s1. The monoisotopic (exact) mass is 323 g/mol. The van der Waals surface area contributed by atoms with E-state index in [4.69, 9.17) is 4.74 Å². The quantitative estimate of drug-likeness (QED) is 0.901. The van der Waals surface area contributed by atoms with E-state index < -0.39 is 0 Å². The van der Waals surface area contributed by atoms with Crippen LogP contribution in [0.15, 0.2) is 42.5 Å². The fourth-order valence-electron chi connectivity index (χ4n) is 3.08. The summed E-state index contributed by atoms with van der Waals surface area (Å²) < 4.78 is 5.74. The number of nitrogens with one attached hydrogen (secondary N) is 1. The summed E-state index contributed by atoms with van der Waals surface area (Å²) in [4.78, 5) is 12.4. The molecule has 1 atom stereocenters. The number of hydrogen-bond acceptors (Lipinski definition) is 2. The van der Waals surface area contributed by atoms with E-state index in [1.54, 1.807) is 0 Å². The van der Waals surface area contributed by atoms with Crippen molar-refractivity contribution >= 4 is 5.91 Å². The van der Waals surface area contributed by atoms with Gasteiger partial charge < -0.3 is 10.1 Å². The van der Waals surface area contributed by atoms with Crippen LogP contribution >= 0.6 is 0 Å². The van der Waals surface area contributed by atoms with Gasteiger partial charge in [-0.15, -0.1) is 0 Å². The Morgan fingerprint density at radius 1 is 1.08 bits per heavy atom. The van der Waals surface area contributed by atoms with Crippen LogP contribution in [0, 0.1) is 6.92 Å². The molecule has 3 nitrogen and oxygen atoms in total. The van der Waals surface area contributed by atoms with E-state index in [1.807, 2.05) is 44.2 Å². The maximum Gasteiger partial charge on any atom is 0.251 e. The Balaban J connectivity index is 1.55. The first kappa shape index (κ1) is 16.6. The lowest BCUT2D eigenvalue weighted by Gasteiger charge is -2.18. The van der Waals surface area contributed by atoms with Crippen LogP contribution < -0.4 is 10.1 Å². The number of rotatable bonds is 5. The third-order valence-electron chi connectivity index (χ3n) is 4.51. The number of ether oxygens (including phenoxy) is 1. The van der Waals surface area contributed by atoms with Crippen molar-refractivity contribution < 1.29 is 9.53 Å². The second kappa shape index (κ2) is 7.52. The molecule has 0 fully saturated rings. The zero-order valence-corrected chi connectivity index (χ0v) is 14.5. The molecule has 1 aliphatic carbocycles. The molecule has 0 aliphatic heterocycles. The molecule has 1 amide bonds. The average Bonchev–Trinajstić information content (AvgIpc) is 2.61. The van der Waals surface area contributed by atoms with Crippen molar-refractivity contribution in [3.8, 4) is 5.75 Å². The molecule has 24 heavy (non-hydrogen) atoms. The van der Waals surface area contributed by atoms with Crippen molar-refractivity contribution in [2.75, 3.05) is 6.61 Å². The highest BCUT2D eigenvalue weighted by Crippen LogP contribution is 2.22. The highest BCUT2D eigenvalue weighted by Gasteiger charge is 2.14. The van der Waals surface area contributed by atoms with E-state index in [0.29, 0.717) is 6.61 Å². The molecule has 2 aromatic rings. The van der Waals surface area contributed by atoms with Crippen molar-refractivity contribution in [2.24, 2.45) is 0 Å². The van der Waals surface area contributed by atoms with E-state index in [-0.39, 0.29) is 11.9 Å². The van der Waals surface area contributed by atoms with Gasteiger partial charge in [-0.05, 0) is 74.9 Å². The molecule has 0 bridgehead atoms. The predicted octanol–water partition coefficient (Wildman–Crippen LogP) is 4.07. The van der Waals surface area contributed by atoms with Gasteiger partial charge in [-0.3, -0.25) is 4.79 Å². The van der Waals surface area contributed by atoms with Crippen LogP contribution in [-0.4, -0.2) is 18.6 Å². The molecule has 2 aromatic carbocycles. The molecule has 0 radical (unpaired) electrons. The SMILES string of the molecule is Cc1ccc(OC[C@H](C)NC(=O)c2ccc3c(c2)CCCC3)cc1. The summed E-state index contributed by atoms with van der Waals surface area (Å²) in [6.45, 7) is 4.47. The highest BCUT2D eigenvalue weighted by molar-refractivity contribution is 5.94. The maximum absolute atomic E-state index is 12.4. The fourth-order valence-corrected chi connectivity index (χ4v) is 3.08. The van der Waals surface area contributed by atoms with Crippen LogP contribution in [0.5, 0.6) is 5.75 Å². The summed E-state index contributed by atoms with van der Waals surface area (Å²) in [5, 5.41) is 3.02. The summed E-state index contributed by atoms with van der Waals surface area (Å²) in [7, 11) is 0. The summed E-state index contributed by atoms with van der Waals surface area (Å²) in [5.41, 5.74) is 4.68. The average molecular weight is 323 g/mol. The zero-order valence-electron chi connectivity index (χ0n) is 14.5. The van der Waals surface area contributed by atoms with Gasteiger partial charge in [-0.2, -0.15) is 0 Å². The predicted molar refractivity (Wildman–Crippen MR) is 96.7 cm³/mol. The van der Waals surface area contributed by atoms with Gasteiger partial charge >= 0.3 is 0 Å². The molecule has 0 saturated carbocycles. The van der Waals surface area contributed by atoms with Gasteiger partial charge in [0.15, 0.2) is 0 Å². The molecule has 1 N–H and O–H groups in total. The Labute approximate surface area is 144 Å². The van der Waals surface area contributed by atoms with Crippen molar-refractivity contribution in [2.45, 2.75) is 45.6 Å². The Hall–Kier alpha value is -2.29. The number of benzene rings is 2. The number of carbonyl (C=O) groups excluding carboxylic acids is 1. The second-order valence-corrected chi connectivity index (χ2v) is 6.69. The second-order valence-electron chi connectivity index (χ2n) is 6.69. The third kappa shape index (κ3) is 4.16. The first-order valence-corrected chi connectivity index (χ1v) is 8.74. The molecule has 0 spiro atoms. The van der Waals surface area contributed by atoms with E-state index in [1.165, 1.54) is 29.5 Å². The van der Waals surface area contributed by atoms with Crippen LogP contribution in [0.3, 0.4) is 0 Å². The Morgan fingerprint density at radius 3 is 2.54 bits per heavy atom. The van der Waals surface area contributed by atoms with Gasteiger partial charge in [0.1, 0.15) is 12.4 Å². The minimum atomic E-state index is -0.0464. The van der Waals surface area contributed by atoms with Crippen molar-refractivity contribution in [1.29, 1.82) is 0 Å². The van der Waals surface area contributed by atoms with Gasteiger partial charge in [0.05, 0.1) is 6.04 Å². The molecule has 1 aliphatic rings. The van der Waals surface area contributed by atoms with Crippen molar-refractivity contribution in [3.63, 3.8) is 0 Å². The van der Waals surface area contributed by atoms with E-state index in [0.717, 1.165) is 24.2 Å².